The Balaban J connectivity index is 1.86. The predicted molar refractivity (Wildman–Crippen MR) is 132 cm³/mol. The maximum absolute atomic E-state index is 13.6. The summed E-state index contributed by atoms with van der Waals surface area (Å²) < 4.78 is 38.9. The molecule has 3 aromatic rings. The molecule has 0 fully saturated rings. The standard InChI is InChI=1S/C23H22BrN3O6S/c1-32-20-11-9-17(24)13-22(20)34(30,31)27(18-6-4-3-5-7-18)15-23(29)26-25-14-16-8-10-19(28)21(12-16)33-2/h3-14,28H,15H2,1-2H3,(H,26,29)/b25-14-. The van der Waals surface area contributed by atoms with Crippen LogP contribution in [0.4, 0.5) is 5.69 Å². The first-order chi connectivity index (χ1) is 16.3. The van der Waals surface area contributed by atoms with Gasteiger partial charge in [0, 0.05) is 4.47 Å². The number of halogens is 1. The summed E-state index contributed by atoms with van der Waals surface area (Å²) in [6, 6.07) is 17.4. The summed E-state index contributed by atoms with van der Waals surface area (Å²) in [4.78, 5) is 12.6. The Morgan fingerprint density at radius 3 is 2.44 bits per heavy atom. The lowest BCUT2D eigenvalue weighted by molar-refractivity contribution is -0.119. The third-order valence-corrected chi connectivity index (χ3v) is 6.92. The van der Waals surface area contributed by atoms with Gasteiger partial charge in [-0.2, -0.15) is 5.10 Å². The maximum atomic E-state index is 13.6. The number of rotatable bonds is 9. The molecule has 0 saturated heterocycles. The minimum atomic E-state index is -4.18. The van der Waals surface area contributed by atoms with Crippen LogP contribution >= 0.6 is 15.9 Å². The van der Waals surface area contributed by atoms with Crippen LogP contribution in [0.3, 0.4) is 0 Å². The number of phenolic OH excluding ortho intramolecular Hbond substituents is 1. The van der Waals surface area contributed by atoms with Crippen molar-refractivity contribution in [1.29, 1.82) is 0 Å². The number of para-hydroxylation sites is 1. The second-order valence-electron chi connectivity index (χ2n) is 6.87. The van der Waals surface area contributed by atoms with E-state index < -0.39 is 22.5 Å². The van der Waals surface area contributed by atoms with E-state index in [1.165, 1.54) is 44.7 Å². The van der Waals surface area contributed by atoms with Crippen molar-refractivity contribution in [3.63, 3.8) is 0 Å². The number of aromatic hydroxyl groups is 1. The van der Waals surface area contributed by atoms with Crippen molar-refractivity contribution < 1.29 is 27.8 Å². The summed E-state index contributed by atoms with van der Waals surface area (Å²) in [6.45, 7) is -0.530. The van der Waals surface area contributed by atoms with Gasteiger partial charge in [0.15, 0.2) is 11.5 Å². The first-order valence-electron chi connectivity index (χ1n) is 9.86. The molecule has 2 N–H and O–H groups in total. The van der Waals surface area contributed by atoms with E-state index in [1.54, 1.807) is 42.5 Å². The number of methoxy groups -OCH3 is 2. The van der Waals surface area contributed by atoms with Gasteiger partial charge >= 0.3 is 0 Å². The molecule has 0 aromatic heterocycles. The lowest BCUT2D eigenvalue weighted by atomic mass is 10.2. The van der Waals surface area contributed by atoms with E-state index in [9.17, 15) is 18.3 Å². The van der Waals surface area contributed by atoms with Gasteiger partial charge in [-0.05, 0) is 54.1 Å². The first-order valence-corrected chi connectivity index (χ1v) is 12.1. The number of carbonyl (C=O) groups is 1. The lowest BCUT2D eigenvalue weighted by Gasteiger charge is -2.24. The molecule has 9 nitrogen and oxygen atoms in total. The summed E-state index contributed by atoms with van der Waals surface area (Å²) in [7, 11) is -1.40. The van der Waals surface area contributed by atoms with Gasteiger partial charge in [0.05, 0.1) is 26.1 Å². The van der Waals surface area contributed by atoms with Crippen molar-refractivity contribution >= 4 is 43.8 Å². The van der Waals surface area contributed by atoms with Gasteiger partial charge in [0.25, 0.3) is 15.9 Å². The molecule has 1 amide bonds. The van der Waals surface area contributed by atoms with Gasteiger partial charge in [-0.15, -0.1) is 0 Å². The van der Waals surface area contributed by atoms with E-state index >= 15 is 0 Å². The third kappa shape index (κ3) is 5.86. The molecule has 0 aliphatic rings. The minimum Gasteiger partial charge on any atom is -0.504 e. The molecule has 0 aliphatic carbocycles. The van der Waals surface area contributed by atoms with Crippen molar-refractivity contribution in [1.82, 2.24) is 5.43 Å². The molecule has 0 spiro atoms. The van der Waals surface area contributed by atoms with Gasteiger partial charge in [0.2, 0.25) is 0 Å². The monoisotopic (exact) mass is 547 g/mol. The van der Waals surface area contributed by atoms with Crippen LogP contribution in [0, 0.1) is 0 Å². The van der Waals surface area contributed by atoms with Crippen LogP contribution in [-0.4, -0.2) is 46.4 Å². The molecule has 0 unspecified atom stereocenters. The van der Waals surface area contributed by atoms with E-state index in [4.69, 9.17) is 9.47 Å². The van der Waals surface area contributed by atoms with Crippen LogP contribution in [-0.2, 0) is 14.8 Å². The Labute approximate surface area is 205 Å². The quantitative estimate of drug-likeness (QED) is 0.312. The SMILES string of the molecule is COc1cc(/C=N\NC(=O)CN(c2ccccc2)S(=O)(=O)c2cc(Br)ccc2OC)ccc1O. The largest absolute Gasteiger partial charge is 0.504 e. The van der Waals surface area contributed by atoms with Crippen molar-refractivity contribution in [2.75, 3.05) is 25.1 Å². The van der Waals surface area contributed by atoms with Gasteiger partial charge in [-0.25, -0.2) is 13.8 Å². The number of nitrogens with zero attached hydrogens (tertiary/aromatic N) is 2. The molecular formula is C23H22BrN3O6S. The highest BCUT2D eigenvalue weighted by atomic mass is 79.9. The van der Waals surface area contributed by atoms with Crippen LogP contribution in [0.2, 0.25) is 0 Å². The molecule has 0 atom stereocenters. The average Bonchev–Trinajstić information content (AvgIpc) is 2.84. The Kier molecular flexibility index (Phi) is 8.13. The number of sulfonamides is 1. The van der Waals surface area contributed by atoms with Crippen molar-refractivity contribution in [3.8, 4) is 17.2 Å². The number of benzene rings is 3. The fraction of sp³-hybridized carbons (Fsp3) is 0.130. The van der Waals surface area contributed by atoms with E-state index in [0.717, 1.165) is 4.31 Å². The molecule has 0 aliphatic heterocycles. The van der Waals surface area contributed by atoms with E-state index in [0.29, 0.717) is 15.7 Å². The van der Waals surface area contributed by atoms with Crippen LogP contribution in [0.25, 0.3) is 0 Å². The number of hydrogen-bond acceptors (Lipinski definition) is 7. The fourth-order valence-corrected chi connectivity index (χ4v) is 5.12. The number of hydrazone groups is 1. The molecule has 3 rings (SSSR count). The number of amides is 1. The molecule has 0 bridgehead atoms. The zero-order chi connectivity index (χ0) is 24.7. The maximum Gasteiger partial charge on any atom is 0.268 e. The van der Waals surface area contributed by atoms with Crippen LogP contribution < -0.4 is 19.2 Å². The number of carbonyl (C=O) groups excluding carboxylic acids is 1. The van der Waals surface area contributed by atoms with E-state index in [2.05, 4.69) is 26.5 Å². The second kappa shape index (κ2) is 11.0. The van der Waals surface area contributed by atoms with Crippen LogP contribution in [0.15, 0.2) is 81.2 Å². The molecular weight excluding hydrogens is 526 g/mol. The van der Waals surface area contributed by atoms with E-state index in [1.807, 2.05) is 0 Å². The zero-order valence-electron chi connectivity index (χ0n) is 18.3. The number of nitrogens with one attached hydrogen (secondary N) is 1. The Bertz CT molecular complexity index is 1300. The number of phenols is 1. The van der Waals surface area contributed by atoms with Gasteiger partial charge < -0.3 is 14.6 Å². The smallest absolute Gasteiger partial charge is 0.268 e. The summed E-state index contributed by atoms with van der Waals surface area (Å²) in [5.74, 6) is -0.304. The number of hydrogen-bond donors (Lipinski definition) is 2. The number of anilines is 1. The Morgan fingerprint density at radius 1 is 1.06 bits per heavy atom. The topological polar surface area (TPSA) is 118 Å². The Morgan fingerprint density at radius 2 is 1.76 bits per heavy atom. The van der Waals surface area contributed by atoms with Gasteiger partial charge in [0.1, 0.15) is 17.2 Å². The highest BCUT2D eigenvalue weighted by Gasteiger charge is 2.30. The van der Waals surface area contributed by atoms with Crippen molar-refractivity contribution in [2.45, 2.75) is 4.90 Å². The molecule has 0 heterocycles. The van der Waals surface area contributed by atoms with Gasteiger partial charge in [-0.1, -0.05) is 34.1 Å². The normalized spacial score (nSPS) is 11.3. The summed E-state index contributed by atoms with van der Waals surface area (Å²) in [6.07, 6.45) is 1.35. The van der Waals surface area contributed by atoms with Crippen LogP contribution in [0.1, 0.15) is 5.56 Å². The predicted octanol–water partition coefficient (Wildman–Crippen LogP) is 3.52. The highest BCUT2D eigenvalue weighted by molar-refractivity contribution is 9.10. The molecule has 34 heavy (non-hydrogen) atoms. The second-order valence-corrected chi connectivity index (χ2v) is 9.61. The van der Waals surface area contributed by atoms with Gasteiger partial charge in [-0.3, -0.25) is 9.10 Å². The fourth-order valence-electron chi connectivity index (χ4n) is 3.00. The third-order valence-electron chi connectivity index (χ3n) is 4.63. The minimum absolute atomic E-state index is 0.0321. The van der Waals surface area contributed by atoms with Crippen molar-refractivity contribution in [3.05, 3.63) is 76.8 Å². The molecule has 178 valence electrons. The summed E-state index contributed by atoms with van der Waals surface area (Å²) in [5, 5.41) is 13.5. The lowest BCUT2D eigenvalue weighted by Crippen LogP contribution is -2.39. The molecule has 0 radical (unpaired) electrons. The Hall–Kier alpha value is -3.57. The summed E-state index contributed by atoms with van der Waals surface area (Å²) >= 11 is 3.28. The molecule has 11 heteroatoms. The average molecular weight is 548 g/mol. The zero-order valence-corrected chi connectivity index (χ0v) is 20.7. The van der Waals surface area contributed by atoms with E-state index in [-0.39, 0.29) is 22.1 Å². The van der Waals surface area contributed by atoms with Crippen LogP contribution in [0.5, 0.6) is 17.2 Å². The molecule has 0 saturated carbocycles. The first kappa shape index (κ1) is 25.1. The summed E-state index contributed by atoms with van der Waals surface area (Å²) in [5.41, 5.74) is 3.18. The molecule has 3 aromatic carbocycles. The highest BCUT2D eigenvalue weighted by Crippen LogP contribution is 2.32. The number of ether oxygens (including phenoxy) is 2. The van der Waals surface area contributed by atoms with Crippen molar-refractivity contribution in [2.24, 2.45) is 5.10 Å².